The summed E-state index contributed by atoms with van der Waals surface area (Å²) in [6.45, 7) is 0.422. The molecule has 14 heteroatoms. The zero-order valence-corrected chi connectivity index (χ0v) is 20.3. The van der Waals surface area contributed by atoms with Gasteiger partial charge >= 0.3 is 23.9 Å². The summed E-state index contributed by atoms with van der Waals surface area (Å²) in [7, 11) is 0. The van der Waals surface area contributed by atoms with Gasteiger partial charge in [-0.05, 0) is 77.0 Å². The first-order valence-electron chi connectivity index (χ1n) is 11.3. The van der Waals surface area contributed by atoms with Crippen LogP contribution in [-0.4, -0.2) is 53.0 Å². The van der Waals surface area contributed by atoms with Crippen molar-refractivity contribution in [3.8, 4) is 0 Å². The lowest BCUT2D eigenvalue weighted by Crippen LogP contribution is -2.62. The van der Waals surface area contributed by atoms with E-state index in [1.807, 2.05) is 0 Å². The van der Waals surface area contributed by atoms with Crippen molar-refractivity contribution >= 4 is 24.0 Å². The average molecular weight is 537 g/mol. The quantitative estimate of drug-likeness (QED) is 0.0969. The third-order valence-corrected chi connectivity index (χ3v) is 8.08. The van der Waals surface area contributed by atoms with E-state index in [4.69, 9.17) is 9.99 Å². The van der Waals surface area contributed by atoms with Gasteiger partial charge in [-0.2, -0.15) is 13.2 Å². The molecule has 202 valence electrons. The second kappa shape index (κ2) is 9.92. The van der Waals surface area contributed by atoms with Gasteiger partial charge < -0.3 is 14.2 Å². The van der Waals surface area contributed by atoms with Crippen molar-refractivity contribution < 1.29 is 60.4 Å². The minimum absolute atomic E-state index is 0.0925. The topological polar surface area (TPSA) is 101 Å². The largest absolute Gasteiger partial charge is 0.468 e. The van der Waals surface area contributed by atoms with E-state index in [1.54, 1.807) is 0 Å². The van der Waals surface area contributed by atoms with E-state index in [1.165, 1.54) is 6.92 Å². The van der Waals surface area contributed by atoms with Gasteiger partial charge in [0, 0.05) is 12.0 Å². The Balaban J connectivity index is 1.90. The second-order valence-electron chi connectivity index (χ2n) is 10.2. The summed E-state index contributed by atoms with van der Waals surface area (Å²) in [4.78, 5) is 25.8. The molecule has 8 nitrogen and oxygen atoms in total. The first-order valence-corrected chi connectivity index (χ1v) is 12.0. The van der Waals surface area contributed by atoms with Crippen LogP contribution in [0.4, 0.5) is 22.0 Å². The van der Waals surface area contributed by atoms with E-state index in [0.717, 1.165) is 33.1 Å². The predicted molar refractivity (Wildman–Crippen MR) is 109 cm³/mol. The molecule has 4 fully saturated rings. The van der Waals surface area contributed by atoms with E-state index in [2.05, 4.69) is 18.8 Å². The number of alkyl halides is 5. The van der Waals surface area contributed by atoms with Gasteiger partial charge in [-0.1, -0.05) is 5.04 Å². The van der Waals surface area contributed by atoms with Gasteiger partial charge in [0.15, 0.2) is 0 Å². The molecule has 0 heterocycles. The molecule has 4 bridgehead atoms. The molecule has 4 aliphatic rings. The van der Waals surface area contributed by atoms with Gasteiger partial charge in [-0.3, -0.25) is 4.79 Å². The van der Waals surface area contributed by atoms with E-state index < -0.39 is 53.2 Å². The number of esters is 2. The fourth-order valence-electron chi connectivity index (χ4n) is 5.74. The number of hydrogen-bond acceptors (Lipinski definition) is 9. The SMILES string of the molecule is CCOC(=O)C(OCC(F)(F)C(C)(C)SOOO)(OC(=O)C12CC3CC(CC(C3)C1)C2)C(F)(F)F. The summed E-state index contributed by atoms with van der Waals surface area (Å²) in [6.07, 6.45) is -2.15. The van der Waals surface area contributed by atoms with Gasteiger partial charge in [-0.15, -0.1) is 4.33 Å². The van der Waals surface area contributed by atoms with Gasteiger partial charge in [0.1, 0.15) is 11.4 Å². The van der Waals surface area contributed by atoms with Crippen molar-refractivity contribution in [1.29, 1.82) is 0 Å². The molecule has 0 aromatic carbocycles. The molecule has 0 radical (unpaired) electrons. The molecule has 0 saturated heterocycles. The van der Waals surface area contributed by atoms with Crippen LogP contribution in [0.15, 0.2) is 0 Å². The Kier molecular flexibility index (Phi) is 8.03. The Bertz CT molecular complexity index is 770. The summed E-state index contributed by atoms with van der Waals surface area (Å²) in [5.41, 5.74) is -1.23. The number of hydrogen-bond donors (Lipinski definition) is 1. The highest BCUT2D eigenvalue weighted by Crippen LogP contribution is 2.61. The Morgan fingerprint density at radius 3 is 1.94 bits per heavy atom. The Labute approximate surface area is 203 Å². The molecule has 0 aromatic heterocycles. The van der Waals surface area contributed by atoms with E-state index in [9.17, 15) is 31.5 Å². The van der Waals surface area contributed by atoms with Crippen LogP contribution in [0.3, 0.4) is 0 Å². The molecule has 4 aliphatic carbocycles. The maximum atomic E-state index is 14.8. The van der Waals surface area contributed by atoms with Crippen LogP contribution < -0.4 is 0 Å². The lowest BCUT2D eigenvalue weighted by molar-refractivity contribution is -0.433. The predicted octanol–water partition coefficient (Wildman–Crippen LogP) is 5.07. The van der Waals surface area contributed by atoms with Crippen LogP contribution in [0.2, 0.25) is 0 Å². The molecule has 1 unspecified atom stereocenters. The van der Waals surface area contributed by atoms with Crippen LogP contribution in [0, 0.1) is 23.2 Å². The van der Waals surface area contributed by atoms with E-state index in [0.29, 0.717) is 19.3 Å². The molecule has 1 atom stereocenters. The molecule has 0 aromatic rings. The second-order valence-corrected chi connectivity index (χ2v) is 11.5. The molecule has 0 aliphatic heterocycles. The fraction of sp³-hybridized carbons (Fsp3) is 0.905. The van der Waals surface area contributed by atoms with Crippen LogP contribution in [-0.2, 0) is 33.2 Å². The van der Waals surface area contributed by atoms with Crippen LogP contribution in [0.25, 0.3) is 0 Å². The molecule has 0 amide bonds. The molecule has 1 N–H and O–H groups in total. The van der Waals surface area contributed by atoms with Crippen LogP contribution in [0.1, 0.15) is 59.3 Å². The Hall–Kier alpha value is -1.22. The van der Waals surface area contributed by atoms with Crippen molar-refractivity contribution in [3.05, 3.63) is 0 Å². The highest BCUT2D eigenvalue weighted by molar-refractivity contribution is 7.96. The van der Waals surface area contributed by atoms with Crippen molar-refractivity contribution in [2.24, 2.45) is 23.2 Å². The number of halogens is 5. The minimum atomic E-state index is -5.73. The van der Waals surface area contributed by atoms with Crippen molar-refractivity contribution in [2.75, 3.05) is 13.2 Å². The molecule has 4 rings (SSSR count). The summed E-state index contributed by atoms with van der Waals surface area (Å²) in [5, 5.41) is 11.5. The summed E-state index contributed by atoms with van der Waals surface area (Å²) >= 11 is -0.0925. The zero-order chi connectivity index (χ0) is 26.3. The smallest absolute Gasteiger partial charge is 0.461 e. The van der Waals surface area contributed by atoms with Gasteiger partial charge in [0.2, 0.25) is 0 Å². The summed E-state index contributed by atoms with van der Waals surface area (Å²) < 4.78 is 88.1. The van der Waals surface area contributed by atoms with Gasteiger partial charge in [0.05, 0.1) is 12.0 Å². The first kappa shape index (κ1) is 28.4. The molecule has 4 saturated carbocycles. The summed E-state index contributed by atoms with van der Waals surface area (Å²) in [6, 6.07) is 0. The summed E-state index contributed by atoms with van der Waals surface area (Å²) in [5.74, 6) is -11.4. The molecular weight excluding hydrogens is 507 g/mol. The number of rotatable bonds is 11. The normalized spacial score (nSPS) is 30.1. The molecule has 35 heavy (non-hydrogen) atoms. The van der Waals surface area contributed by atoms with Crippen molar-refractivity contribution in [3.63, 3.8) is 0 Å². The van der Waals surface area contributed by atoms with E-state index >= 15 is 0 Å². The number of ether oxygens (including phenoxy) is 3. The lowest BCUT2D eigenvalue weighted by atomic mass is 9.49. The number of carbonyl (C=O) groups excluding carboxylic acids is 2. The zero-order valence-electron chi connectivity index (χ0n) is 19.5. The van der Waals surface area contributed by atoms with Gasteiger partial charge in [-0.25, -0.2) is 18.8 Å². The highest BCUT2D eigenvalue weighted by Gasteiger charge is 2.70. The fourth-order valence-corrected chi connectivity index (χ4v) is 6.12. The van der Waals surface area contributed by atoms with Crippen LogP contribution >= 0.6 is 12.0 Å². The Morgan fingerprint density at radius 2 is 1.51 bits per heavy atom. The lowest BCUT2D eigenvalue weighted by Gasteiger charge is -2.55. The van der Waals surface area contributed by atoms with Crippen LogP contribution in [0.5, 0.6) is 0 Å². The Morgan fingerprint density at radius 1 is 1.00 bits per heavy atom. The average Bonchev–Trinajstić information content (AvgIpc) is 2.73. The molecule has 0 spiro atoms. The van der Waals surface area contributed by atoms with Gasteiger partial charge in [0.25, 0.3) is 5.92 Å². The maximum absolute atomic E-state index is 14.8. The number of carbonyl (C=O) groups is 2. The molecular formula is C21H29F5O8S. The van der Waals surface area contributed by atoms with E-state index in [-0.39, 0.29) is 29.8 Å². The van der Waals surface area contributed by atoms with Crippen molar-refractivity contribution in [1.82, 2.24) is 0 Å². The van der Waals surface area contributed by atoms with Crippen molar-refractivity contribution in [2.45, 2.75) is 81.9 Å². The minimum Gasteiger partial charge on any atom is -0.461 e. The third-order valence-electron chi connectivity index (χ3n) is 7.24. The maximum Gasteiger partial charge on any atom is 0.468 e. The third kappa shape index (κ3) is 5.41. The monoisotopic (exact) mass is 536 g/mol. The first-order chi connectivity index (χ1) is 16.1. The standard InChI is InChI=1S/C21H29F5O8S/c1-4-30-16(28)20(21(24,25)26,31-11-19(22,23)17(2,3)35-34-33-29)32-15(27)18-8-12-5-13(9-18)7-14(6-12)10-18/h12-14,29H,4-11H2,1-3H3. The highest BCUT2D eigenvalue weighted by atomic mass is 32.2.